The van der Waals surface area contributed by atoms with Crippen molar-refractivity contribution >= 4 is 23.7 Å². The SMILES string of the molecule is CC(N)C(=O)NC(Cc1ccc(O)cc1)C(=O)NC(CCC(N)=O)C(=O)O. The lowest BCUT2D eigenvalue weighted by atomic mass is 10.0. The number of aliphatic carboxylic acids is 1. The normalized spacial score (nSPS) is 13.9. The maximum Gasteiger partial charge on any atom is 0.326 e. The van der Waals surface area contributed by atoms with Gasteiger partial charge in [-0.15, -0.1) is 0 Å². The van der Waals surface area contributed by atoms with Gasteiger partial charge in [0.1, 0.15) is 17.8 Å². The molecule has 0 saturated heterocycles. The molecule has 148 valence electrons. The second-order valence-electron chi connectivity index (χ2n) is 6.12. The van der Waals surface area contributed by atoms with Crippen LogP contribution in [-0.4, -0.2) is 52.0 Å². The summed E-state index contributed by atoms with van der Waals surface area (Å²) in [6, 6.07) is 2.67. The molecule has 0 aliphatic rings. The molecule has 0 aliphatic heterocycles. The summed E-state index contributed by atoms with van der Waals surface area (Å²) in [6.07, 6.45) is -0.345. The highest BCUT2D eigenvalue weighted by molar-refractivity contribution is 5.92. The number of carboxylic acids is 1. The Morgan fingerprint density at radius 1 is 1.04 bits per heavy atom. The minimum absolute atomic E-state index is 0.0387. The maximum atomic E-state index is 12.5. The van der Waals surface area contributed by atoms with Crippen LogP contribution in [0.15, 0.2) is 24.3 Å². The summed E-state index contributed by atoms with van der Waals surface area (Å²) < 4.78 is 0. The fraction of sp³-hybridized carbons (Fsp3) is 0.412. The van der Waals surface area contributed by atoms with Crippen LogP contribution in [0.1, 0.15) is 25.3 Å². The van der Waals surface area contributed by atoms with E-state index in [0.717, 1.165) is 0 Å². The number of benzene rings is 1. The molecule has 0 heterocycles. The lowest BCUT2D eigenvalue weighted by Crippen LogP contribution is -2.54. The average Bonchev–Trinajstić information content (AvgIpc) is 2.58. The number of hydrogen-bond donors (Lipinski definition) is 6. The molecule has 3 atom stereocenters. The van der Waals surface area contributed by atoms with Gasteiger partial charge in [-0.25, -0.2) is 4.79 Å². The Hall–Kier alpha value is -3.14. The minimum Gasteiger partial charge on any atom is -0.508 e. The third-order valence-electron chi connectivity index (χ3n) is 3.72. The van der Waals surface area contributed by atoms with Gasteiger partial charge in [0.2, 0.25) is 17.7 Å². The fourth-order valence-corrected chi connectivity index (χ4v) is 2.20. The molecular formula is C17H24N4O6. The Balaban J connectivity index is 2.92. The quantitative estimate of drug-likeness (QED) is 0.288. The molecule has 0 radical (unpaired) electrons. The van der Waals surface area contributed by atoms with Gasteiger partial charge < -0.3 is 32.3 Å². The molecule has 1 aromatic carbocycles. The van der Waals surface area contributed by atoms with Gasteiger partial charge in [0.05, 0.1) is 6.04 Å². The van der Waals surface area contributed by atoms with Crippen molar-refractivity contribution in [2.45, 2.75) is 44.3 Å². The van der Waals surface area contributed by atoms with Crippen molar-refractivity contribution in [3.05, 3.63) is 29.8 Å². The summed E-state index contributed by atoms with van der Waals surface area (Å²) in [5.41, 5.74) is 11.1. The van der Waals surface area contributed by atoms with E-state index in [2.05, 4.69) is 10.6 Å². The van der Waals surface area contributed by atoms with E-state index < -0.39 is 41.8 Å². The lowest BCUT2D eigenvalue weighted by Gasteiger charge is -2.22. The molecule has 1 aromatic rings. The van der Waals surface area contributed by atoms with Crippen LogP contribution in [0, 0.1) is 0 Å². The van der Waals surface area contributed by atoms with E-state index in [1.165, 1.54) is 19.1 Å². The molecule has 0 fully saturated rings. The monoisotopic (exact) mass is 380 g/mol. The zero-order valence-electron chi connectivity index (χ0n) is 14.8. The predicted octanol–water partition coefficient (Wildman–Crippen LogP) is -1.40. The van der Waals surface area contributed by atoms with Crippen molar-refractivity contribution in [2.75, 3.05) is 0 Å². The summed E-state index contributed by atoms with van der Waals surface area (Å²) in [6.45, 7) is 1.44. The second-order valence-corrected chi connectivity index (χ2v) is 6.12. The number of hydrogen-bond acceptors (Lipinski definition) is 6. The predicted molar refractivity (Wildman–Crippen MR) is 95.4 cm³/mol. The molecule has 0 aromatic heterocycles. The van der Waals surface area contributed by atoms with Crippen molar-refractivity contribution in [1.82, 2.24) is 10.6 Å². The Kier molecular flexibility index (Phi) is 8.21. The molecule has 10 nitrogen and oxygen atoms in total. The number of carbonyl (C=O) groups excluding carboxylic acids is 3. The van der Waals surface area contributed by atoms with E-state index in [-0.39, 0.29) is 25.0 Å². The minimum atomic E-state index is -1.33. The number of rotatable bonds is 10. The molecule has 3 amide bonds. The molecule has 0 saturated carbocycles. The first-order valence-electron chi connectivity index (χ1n) is 8.25. The summed E-state index contributed by atoms with van der Waals surface area (Å²) in [4.78, 5) is 46.6. The van der Waals surface area contributed by atoms with Crippen LogP contribution in [0.4, 0.5) is 0 Å². The third kappa shape index (κ3) is 7.74. The molecule has 0 aliphatic carbocycles. The number of nitrogens with two attached hydrogens (primary N) is 2. The zero-order valence-corrected chi connectivity index (χ0v) is 14.8. The molecule has 0 bridgehead atoms. The Bertz CT molecular complexity index is 689. The molecule has 27 heavy (non-hydrogen) atoms. The van der Waals surface area contributed by atoms with Crippen molar-refractivity contribution < 1.29 is 29.4 Å². The average molecular weight is 380 g/mol. The second kappa shape index (κ2) is 10.1. The summed E-state index contributed by atoms with van der Waals surface area (Å²) in [5, 5.41) is 23.3. The standard InChI is InChI=1S/C17H24N4O6/c1-9(18)15(24)21-13(8-10-2-4-11(22)5-3-10)16(25)20-12(17(26)27)6-7-14(19)23/h2-5,9,12-13,22H,6-8,18H2,1H3,(H2,19,23)(H,20,25)(H,21,24)(H,26,27). The first-order chi connectivity index (χ1) is 12.6. The van der Waals surface area contributed by atoms with Gasteiger partial charge in [-0.1, -0.05) is 12.1 Å². The van der Waals surface area contributed by atoms with Crippen LogP contribution in [0.25, 0.3) is 0 Å². The number of primary amides is 1. The number of carboxylic acid groups (broad SMARTS) is 1. The maximum absolute atomic E-state index is 12.5. The molecule has 10 heteroatoms. The number of phenols is 1. The highest BCUT2D eigenvalue weighted by Gasteiger charge is 2.27. The summed E-state index contributed by atoms with van der Waals surface area (Å²) in [5.74, 6) is -3.31. The first kappa shape index (κ1) is 21.9. The molecule has 1 rings (SSSR count). The highest BCUT2D eigenvalue weighted by atomic mass is 16.4. The van der Waals surface area contributed by atoms with E-state index in [1.807, 2.05) is 0 Å². The van der Waals surface area contributed by atoms with E-state index >= 15 is 0 Å². The van der Waals surface area contributed by atoms with Gasteiger partial charge in [-0.3, -0.25) is 14.4 Å². The number of phenolic OH excluding ortho intramolecular Hbond substituents is 1. The summed E-state index contributed by atoms with van der Waals surface area (Å²) >= 11 is 0. The fourth-order valence-electron chi connectivity index (χ4n) is 2.20. The molecular weight excluding hydrogens is 356 g/mol. The van der Waals surface area contributed by atoms with Gasteiger partial charge in [0, 0.05) is 12.8 Å². The van der Waals surface area contributed by atoms with Gasteiger partial charge >= 0.3 is 5.97 Å². The van der Waals surface area contributed by atoms with E-state index in [4.69, 9.17) is 11.5 Å². The number of nitrogens with one attached hydrogen (secondary N) is 2. The zero-order chi connectivity index (χ0) is 20.6. The highest BCUT2D eigenvalue weighted by Crippen LogP contribution is 2.12. The van der Waals surface area contributed by atoms with Crippen molar-refractivity contribution in [3.63, 3.8) is 0 Å². The number of amides is 3. The van der Waals surface area contributed by atoms with Crippen molar-refractivity contribution in [3.8, 4) is 5.75 Å². The van der Waals surface area contributed by atoms with Crippen molar-refractivity contribution in [2.24, 2.45) is 11.5 Å². The van der Waals surface area contributed by atoms with Crippen LogP contribution in [0.5, 0.6) is 5.75 Å². The largest absolute Gasteiger partial charge is 0.508 e. The molecule has 3 unspecified atom stereocenters. The van der Waals surface area contributed by atoms with Gasteiger partial charge in [0.25, 0.3) is 0 Å². The Morgan fingerprint density at radius 3 is 2.07 bits per heavy atom. The van der Waals surface area contributed by atoms with Crippen LogP contribution in [0.2, 0.25) is 0 Å². The van der Waals surface area contributed by atoms with E-state index in [9.17, 15) is 29.4 Å². The number of aromatic hydroxyl groups is 1. The summed E-state index contributed by atoms with van der Waals surface area (Å²) in [7, 11) is 0. The van der Waals surface area contributed by atoms with E-state index in [1.54, 1.807) is 12.1 Å². The van der Waals surface area contributed by atoms with Crippen LogP contribution < -0.4 is 22.1 Å². The van der Waals surface area contributed by atoms with E-state index in [0.29, 0.717) is 5.56 Å². The van der Waals surface area contributed by atoms with Gasteiger partial charge in [-0.2, -0.15) is 0 Å². The van der Waals surface area contributed by atoms with Crippen LogP contribution >= 0.6 is 0 Å². The van der Waals surface area contributed by atoms with Gasteiger partial charge in [-0.05, 0) is 31.0 Å². The molecule has 0 spiro atoms. The number of carbonyl (C=O) groups is 4. The topological polar surface area (TPSA) is 185 Å². The third-order valence-corrected chi connectivity index (χ3v) is 3.72. The van der Waals surface area contributed by atoms with Crippen LogP contribution in [-0.2, 0) is 25.6 Å². The van der Waals surface area contributed by atoms with Crippen molar-refractivity contribution in [1.29, 1.82) is 0 Å². The lowest BCUT2D eigenvalue weighted by molar-refractivity contribution is -0.142. The smallest absolute Gasteiger partial charge is 0.326 e. The van der Waals surface area contributed by atoms with Crippen LogP contribution in [0.3, 0.4) is 0 Å². The Morgan fingerprint density at radius 2 is 1.59 bits per heavy atom. The van der Waals surface area contributed by atoms with Gasteiger partial charge in [0.15, 0.2) is 0 Å². The molecule has 8 N–H and O–H groups in total. The first-order valence-corrected chi connectivity index (χ1v) is 8.25. The Labute approximate surface area is 155 Å².